The molecule has 3 nitrogen and oxygen atoms in total. The largest absolute Gasteiger partial charge is 0.350 e. The Bertz CT molecular complexity index is 570. The number of anilines is 1. The molecule has 2 saturated heterocycles. The maximum Gasteiger partial charge on any atom is 0.141 e. The molecular formula is C13H14BrN3S. The van der Waals surface area contributed by atoms with Gasteiger partial charge in [0.2, 0.25) is 0 Å². The van der Waals surface area contributed by atoms with E-state index in [0.29, 0.717) is 16.9 Å². The molecule has 2 unspecified atom stereocenters. The van der Waals surface area contributed by atoms with Crippen molar-refractivity contribution >= 4 is 43.3 Å². The molecule has 5 heteroatoms. The second kappa shape index (κ2) is 4.17. The topological polar surface area (TPSA) is 29.0 Å². The zero-order valence-electron chi connectivity index (χ0n) is 9.92. The van der Waals surface area contributed by atoms with Crippen molar-refractivity contribution in [3.05, 3.63) is 17.8 Å². The van der Waals surface area contributed by atoms with Crippen molar-refractivity contribution in [2.24, 2.45) is 0 Å². The summed E-state index contributed by atoms with van der Waals surface area (Å²) in [6.45, 7) is 0. The summed E-state index contributed by atoms with van der Waals surface area (Å²) >= 11 is 5.50. The van der Waals surface area contributed by atoms with Crippen molar-refractivity contribution in [1.29, 1.82) is 0 Å². The first-order chi connectivity index (χ1) is 8.83. The predicted octanol–water partition coefficient (Wildman–Crippen LogP) is 3.59. The van der Waals surface area contributed by atoms with Crippen molar-refractivity contribution in [3.63, 3.8) is 0 Å². The SMILES string of the molecule is BrC1CC2CCC(C1)N2c1ncnc2sccc12. The smallest absolute Gasteiger partial charge is 0.141 e. The van der Waals surface area contributed by atoms with Crippen LogP contribution in [0.1, 0.15) is 25.7 Å². The average Bonchev–Trinajstić information content (AvgIpc) is 2.92. The highest BCUT2D eigenvalue weighted by molar-refractivity contribution is 9.09. The summed E-state index contributed by atoms with van der Waals surface area (Å²) in [5.41, 5.74) is 0. The monoisotopic (exact) mass is 323 g/mol. The van der Waals surface area contributed by atoms with Gasteiger partial charge in [0.1, 0.15) is 17.0 Å². The van der Waals surface area contributed by atoms with E-state index < -0.39 is 0 Å². The van der Waals surface area contributed by atoms with Gasteiger partial charge in [-0.15, -0.1) is 11.3 Å². The van der Waals surface area contributed by atoms with Gasteiger partial charge in [0, 0.05) is 16.9 Å². The average molecular weight is 324 g/mol. The Labute approximate surface area is 118 Å². The normalized spacial score (nSPS) is 31.2. The fourth-order valence-electron chi connectivity index (χ4n) is 3.44. The number of nitrogens with zero attached hydrogens (tertiary/aromatic N) is 3. The molecule has 94 valence electrons. The quantitative estimate of drug-likeness (QED) is 0.751. The number of rotatable bonds is 1. The van der Waals surface area contributed by atoms with Gasteiger partial charge in [0.05, 0.1) is 5.39 Å². The zero-order chi connectivity index (χ0) is 12.1. The molecule has 4 heterocycles. The minimum atomic E-state index is 0.658. The van der Waals surface area contributed by atoms with Gasteiger partial charge in [-0.05, 0) is 37.1 Å². The van der Waals surface area contributed by atoms with Gasteiger partial charge in [0.25, 0.3) is 0 Å². The molecular weight excluding hydrogens is 310 g/mol. The van der Waals surface area contributed by atoms with E-state index in [-0.39, 0.29) is 0 Å². The zero-order valence-corrected chi connectivity index (χ0v) is 12.3. The fourth-order valence-corrected chi connectivity index (χ4v) is 5.03. The van der Waals surface area contributed by atoms with E-state index >= 15 is 0 Å². The third-order valence-electron chi connectivity index (χ3n) is 4.16. The number of hydrogen-bond donors (Lipinski definition) is 0. The molecule has 0 N–H and O–H groups in total. The van der Waals surface area contributed by atoms with E-state index in [1.54, 1.807) is 17.7 Å². The van der Waals surface area contributed by atoms with E-state index in [1.165, 1.54) is 31.1 Å². The van der Waals surface area contributed by atoms with Crippen LogP contribution >= 0.6 is 27.3 Å². The first-order valence-electron chi connectivity index (χ1n) is 6.43. The Balaban J connectivity index is 1.81. The van der Waals surface area contributed by atoms with Crippen molar-refractivity contribution in [2.75, 3.05) is 4.90 Å². The van der Waals surface area contributed by atoms with Gasteiger partial charge >= 0.3 is 0 Å². The van der Waals surface area contributed by atoms with Crippen molar-refractivity contribution in [2.45, 2.75) is 42.6 Å². The van der Waals surface area contributed by atoms with Gasteiger partial charge in [-0.3, -0.25) is 0 Å². The summed E-state index contributed by atoms with van der Waals surface area (Å²) in [6.07, 6.45) is 6.82. The maximum atomic E-state index is 4.57. The molecule has 4 rings (SSSR count). The van der Waals surface area contributed by atoms with Crippen LogP contribution in [0.25, 0.3) is 10.2 Å². The highest BCUT2D eigenvalue weighted by atomic mass is 79.9. The number of aromatic nitrogens is 2. The molecule has 2 atom stereocenters. The first kappa shape index (κ1) is 11.2. The van der Waals surface area contributed by atoms with Crippen molar-refractivity contribution < 1.29 is 0 Å². The predicted molar refractivity (Wildman–Crippen MR) is 78.7 cm³/mol. The molecule has 0 amide bonds. The van der Waals surface area contributed by atoms with Crippen molar-refractivity contribution in [1.82, 2.24) is 9.97 Å². The fraction of sp³-hybridized carbons (Fsp3) is 0.538. The molecule has 2 aromatic rings. The lowest BCUT2D eigenvalue weighted by Gasteiger charge is -2.38. The Morgan fingerprint density at radius 3 is 2.78 bits per heavy atom. The Morgan fingerprint density at radius 2 is 2.00 bits per heavy atom. The molecule has 2 aromatic heterocycles. The van der Waals surface area contributed by atoms with Crippen LogP contribution in [0.15, 0.2) is 17.8 Å². The minimum absolute atomic E-state index is 0.658. The lowest BCUT2D eigenvalue weighted by molar-refractivity contribution is 0.480. The van der Waals surface area contributed by atoms with Crippen LogP contribution in [0.3, 0.4) is 0 Å². The second-order valence-electron chi connectivity index (χ2n) is 5.20. The second-order valence-corrected chi connectivity index (χ2v) is 7.39. The maximum absolute atomic E-state index is 4.57. The van der Waals surface area contributed by atoms with Gasteiger partial charge in [-0.1, -0.05) is 15.9 Å². The highest BCUT2D eigenvalue weighted by Gasteiger charge is 2.41. The summed E-state index contributed by atoms with van der Waals surface area (Å²) in [7, 11) is 0. The lowest BCUT2D eigenvalue weighted by atomic mass is 10.0. The number of fused-ring (bicyclic) bond motifs is 3. The van der Waals surface area contributed by atoms with Crippen LogP contribution in [0.4, 0.5) is 5.82 Å². The molecule has 2 aliphatic heterocycles. The number of hydrogen-bond acceptors (Lipinski definition) is 4. The molecule has 0 aromatic carbocycles. The van der Waals surface area contributed by atoms with E-state index in [1.807, 2.05) is 0 Å². The van der Waals surface area contributed by atoms with Crippen LogP contribution in [0.2, 0.25) is 0 Å². The summed E-state index contributed by atoms with van der Waals surface area (Å²) in [6, 6.07) is 3.48. The van der Waals surface area contributed by atoms with E-state index in [2.05, 4.69) is 42.2 Å². The Morgan fingerprint density at radius 1 is 1.22 bits per heavy atom. The van der Waals surface area contributed by atoms with Crippen LogP contribution in [-0.2, 0) is 0 Å². The summed E-state index contributed by atoms with van der Waals surface area (Å²) in [5, 5.41) is 3.34. The van der Waals surface area contributed by atoms with Gasteiger partial charge < -0.3 is 4.90 Å². The molecule has 0 saturated carbocycles. The minimum Gasteiger partial charge on any atom is -0.350 e. The number of piperidine rings is 1. The van der Waals surface area contributed by atoms with E-state index in [0.717, 1.165) is 10.6 Å². The molecule has 0 spiro atoms. The third-order valence-corrected chi connectivity index (χ3v) is 5.73. The van der Waals surface area contributed by atoms with E-state index in [9.17, 15) is 0 Å². The molecule has 2 fully saturated rings. The van der Waals surface area contributed by atoms with Crippen LogP contribution in [0.5, 0.6) is 0 Å². The molecule has 0 radical (unpaired) electrons. The molecule has 2 bridgehead atoms. The van der Waals surface area contributed by atoms with Gasteiger partial charge in [0.15, 0.2) is 0 Å². The molecule has 2 aliphatic rings. The number of alkyl halides is 1. The highest BCUT2D eigenvalue weighted by Crippen LogP contribution is 2.42. The summed E-state index contributed by atoms with van der Waals surface area (Å²) in [4.78, 5) is 13.3. The number of halogens is 1. The number of thiophene rings is 1. The van der Waals surface area contributed by atoms with Crippen LogP contribution < -0.4 is 4.90 Å². The van der Waals surface area contributed by atoms with Crippen molar-refractivity contribution in [3.8, 4) is 0 Å². The van der Waals surface area contributed by atoms with Gasteiger partial charge in [-0.25, -0.2) is 9.97 Å². The first-order valence-corrected chi connectivity index (χ1v) is 8.23. The van der Waals surface area contributed by atoms with Gasteiger partial charge in [-0.2, -0.15) is 0 Å². The van der Waals surface area contributed by atoms with Crippen LogP contribution in [0, 0.1) is 0 Å². The summed E-state index contributed by atoms with van der Waals surface area (Å²) in [5.74, 6) is 1.16. The molecule has 0 aliphatic carbocycles. The third kappa shape index (κ3) is 1.60. The van der Waals surface area contributed by atoms with Crippen LogP contribution in [-0.4, -0.2) is 26.9 Å². The summed E-state index contributed by atoms with van der Waals surface area (Å²) < 4.78 is 0. The molecule has 18 heavy (non-hydrogen) atoms. The Hall–Kier alpha value is -0.680. The standard InChI is InChI=1S/C13H14BrN3S/c14-8-5-9-1-2-10(6-8)17(9)12-11-3-4-18-13(11)16-7-15-12/h3-4,7-10H,1-2,5-6H2. The lowest BCUT2D eigenvalue weighted by Crippen LogP contribution is -2.43. The van der Waals surface area contributed by atoms with E-state index in [4.69, 9.17) is 0 Å². The Kier molecular flexibility index (Phi) is 2.59.